The van der Waals surface area contributed by atoms with Crippen molar-refractivity contribution in [3.05, 3.63) is 29.8 Å². The van der Waals surface area contributed by atoms with Gasteiger partial charge in [-0.05, 0) is 19.4 Å². The van der Waals surface area contributed by atoms with E-state index in [0.717, 1.165) is 23.5 Å². The van der Waals surface area contributed by atoms with Crippen molar-refractivity contribution in [3.63, 3.8) is 0 Å². The average Bonchev–Trinajstić information content (AvgIpc) is 2.27. The minimum absolute atomic E-state index is 0.713. The minimum atomic E-state index is 0.713. The van der Waals surface area contributed by atoms with Crippen molar-refractivity contribution in [1.29, 1.82) is 0 Å². The first-order chi connectivity index (χ1) is 7.33. The van der Waals surface area contributed by atoms with Crippen molar-refractivity contribution in [1.82, 2.24) is 0 Å². The lowest BCUT2D eigenvalue weighted by Gasteiger charge is -2.12. The fourth-order valence-electron chi connectivity index (χ4n) is 1.36. The third kappa shape index (κ3) is 3.01. The van der Waals surface area contributed by atoms with Crippen LogP contribution in [-0.2, 0) is 0 Å². The summed E-state index contributed by atoms with van der Waals surface area (Å²) in [6, 6.07) is 5.90. The van der Waals surface area contributed by atoms with Crippen LogP contribution in [0.1, 0.15) is 25.8 Å². The number of methoxy groups -OCH3 is 1. The lowest BCUT2D eigenvalue weighted by Crippen LogP contribution is -1.99. The Balaban J connectivity index is 3.02. The van der Waals surface area contributed by atoms with Crippen LogP contribution in [-0.4, -0.2) is 13.7 Å². The Bertz CT molecular complexity index is 329. The molecule has 0 aliphatic carbocycles. The summed E-state index contributed by atoms with van der Waals surface area (Å²) < 4.78 is 11.0. The summed E-state index contributed by atoms with van der Waals surface area (Å²) in [7, 11) is 1.66. The molecule has 0 aromatic heterocycles. The molecule has 2 heteroatoms. The Hall–Kier alpha value is -1.44. The Labute approximate surface area is 91.5 Å². The summed E-state index contributed by atoms with van der Waals surface area (Å²) in [5.41, 5.74) is 1.06. The van der Waals surface area contributed by atoms with Gasteiger partial charge in [0.15, 0.2) is 11.5 Å². The molecule has 1 aromatic rings. The van der Waals surface area contributed by atoms with E-state index >= 15 is 0 Å². The van der Waals surface area contributed by atoms with Crippen LogP contribution >= 0.6 is 0 Å². The number of allylic oxidation sites excluding steroid dienone is 1. The van der Waals surface area contributed by atoms with E-state index in [1.54, 1.807) is 7.11 Å². The summed E-state index contributed by atoms with van der Waals surface area (Å²) in [6.07, 6.45) is 5.01. The summed E-state index contributed by atoms with van der Waals surface area (Å²) >= 11 is 0. The van der Waals surface area contributed by atoms with Crippen LogP contribution in [0.2, 0.25) is 0 Å². The second-order valence-corrected chi connectivity index (χ2v) is 3.23. The predicted molar refractivity (Wildman–Crippen MR) is 63.5 cm³/mol. The van der Waals surface area contributed by atoms with Gasteiger partial charge in [-0.25, -0.2) is 0 Å². The molecule has 1 aromatic carbocycles. The summed E-state index contributed by atoms with van der Waals surface area (Å²) in [4.78, 5) is 0. The summed E-state index contributed by atoms with van der Waals surface area (Å²) in [5, 5.41) is 0. The van der Waals surface area contributed by atoms with Crippen LogP contribution in [0, 0.1) is 0 Å². The molecule has 0 unspecified atom stereocenters. The fourth-order valence-corrected chi connectivity index (χ4v) is 1.36. The van der Waals surface area contributed by atoms with Crippen molar-refractivity contribution < 1.29 is 9.47 Å². The van der Waals surface area contributed by atoms with Gasteiger partial charge in [0.2, 0.25) is 0 Å². The maximum Gasteiger partial charge on any atom is 0.168 e. The van der Waals surface area contributed by atoms with Crippen molar-refractivity contribution in [3.8, 4) is 11.5 Å². The highest BCUT2D eigenvalue weighted by molar-refractivity contribution is 5.62. The second-order valence-electron chi connectivity index (χ2n) is 3.23. The van der Waals surface area contributed by atoms with Crippen LogP contribution in [0.4, 0.5) is 0 Å². The standard InChI is InChI=1S/C13H18O2/c1-4-7-11-8-6-9-12(14-3)13(11)15-10-5-2/h4,6-9H,5,10H2,1-3H3/b7-4+. The Morgan fingerprint density at radius 1 is 1.33 bits per heavy atom. The number of hydrogen-bond donors (Lipinski definition) is 0. The lowest BCUT2D eigenvalue weighted by molar-refractivity contribution is 0.293. The Morgan fingerprint density at radius 2 is 2.13 bits per heavy atom. The second kappa shape index (κ2) is 6.12. The molecule has 0 atom stereocenters. The van der Waals surface area contributed by atoms with Crippen LogP contribution in [0.25, 0.3) is 6.08 Å². The van der Waals surface area contributed by atoms with Crippen molar-refractivity contribution in [2.24, 2.45) is 0 Å². The van der Waals surface area contributed by atoms with Gasteiger partial charge in [-0.3, -0.25) is 0 Å². The van der Waals surface area contributed by atoms with Crippen LogP contribution in [0.15, 0.2) is 24.3 Å². The summed E-state index contributed by atoms with van der Waals surface area (Å²) in [5.74, 6) is 1.62. The lowest BCUT2D eigenvalue weighted by atomic mass is 10.1. The maximum atomic E-state index is 5.68. The molecule has 0 fully saturated rings. The first kappa shape index (κ1) is 11.6. The molecule has 0 saturated carbocycles. The molecule has 2 nitrogen and oxygen atoms in total. The number of benzene rings is 1. The molecule has 1 rings (SSSR count). The predicted octanol–water partition coefficient (Wildman–Crippen LogP) is 3.52. The summed E-state index contributed by atoms with van der Waals surface area (Å²) in [6.45, 7) is 4.79. The van der Waals surface area contributed by atoms with E-state index in [-0.39, 0.29) is 0 Å². The van der Waals surface area contributed by atoms with Crippen molar-refractivity contribution >= 4 is 6.08 Å². The van der Waals surface area contributed by atoms with E-state index in [1.165, 1.54) is 0 Å². The van der Waals surface area contributed by atoms with Gasteiger partial charge in [-0.1, -0.05) is 31.2 Å². The van der Waals surface area contributed by atoms with E-state index in [2.05, 4.69) is 6.92 Å². The van der Waals surface area contributed by atoms with Gasteiger partial charge in [-0.2, -0.15) is 0 Å². The van der Waals surface area contributed by atoms with Crippen LogP contribution < -0.4 is 9.47 Å². The molecule has 0 aliphatic rings. The third-order valence-electron chi connectivity index (χ3n) is 2.03. The molecule has 0 N–H and O–H groups in total. The molecule has 0 saturated heterocycles. The smallest absolute Gasteiger partial charge is 0.168 e. The van der Waals surface area contributed by atoms with E-state index in [1.807, 2.05) is 37.3 Å². The quantitative estimate of drug-likeness (QED) is 0.734. The average molecular weight is 206 g/mol. The van der Waals surface area contributed by atoms with Crippen molar-refractivity contribution in [2.75, 3.05) is 13.7 Å². The number of rotatable bonds is 5. The fraction of sp³-hybridized carbons (Fsp3) is 0.385. The molecule has 0 amide bonds. The third-order valence-corrected chi connectivity index (χ3v) is 2.03. The Morgan fingerprint density at radius 3 is 2.73 bits per heavy atom. The van der Waals surface area contributed by atoms with Gasteiger partial charge < -0.3 is 9.47 Å². The molecule has 0 bridgehead atoms. The molecular formula is C13H18O2. The highest BCUT2D eigenvalue weighted by Crippen LogP contribution is 2.31. The highest BCUT2D eigenvalue weighted by atomic mass is 16.5. The zero-order valence-corrected chi connectivity index (χ0v) is 9.62. The van der Waals surface area contributed by atoms with Gasteiger partial charge in [-0.15, -0.1) is 0 Å². The molecular weight excluding hydrogens is 188 g/mol. The normalized spacial score (nSPS) is 10.6. The van der Waals surface area contributed by atoms with Crippen LogP contribution in [0.3, 0.4) is 0 Å². The van der Waals surface area contributed by atoms with Gasteiger partial charge >= 0.3 is 0 Å². The largest absolute Gasteiger partial charge is 0.493 e. The first-order valence-corrected chi connectivity index (χ1v) is 5.26. The Kier molecular flexibility index (Phi) is 4.75. The molecule has 0 heterocycles. The molecule has 0 radical (unpaired) electrons. The monoisotopic (exact) mass is 206 g/mol. The number of hydrogen-bond acceptors (Lipinski definition) is 2. The SMILES string of the molecule is C/C=C/c1cccc(OC)c1OCCC. The molecule has 0 aliphatic heterocycles. The van der Waals surface area contributed by atoms with E-state index < -0.39 is 0 Å². The highest BCUT2D eigenvalue weighted by Gasteiger charge is 2.07. The zero-order valence-electron chi connectivity index (χ0n) is 9.62. The van der Waals surface area contributed by atoms with Gasteiger partial charge in [0, 0.05) is 5.56 Å². The number of ether oxygens (including phenoxy) is 2. The van der Waals surface area contributed by atoms with E-state index in [4.69, 9.17) is 9.47 Å². The van der Waals surface area contributed by atoms with Gasteiger partial charge in [0.25, 0.3) is 0 Å². The topological polar surface area (TPSA) is 18.5 Å². The zero-order chi connectivity index (χ0) is 11.1. The maximum absolute atomic E-state index is 5.68. The number of para-hydroxylation sites is 1. The minimum Gasteiger partial charge on any atom is -0.493 e. The van der Waals surface area contributed by atoms with Gasteiger partial charge in [0.05, 0.1) is 13.7 Å². The first-order valence-electron chi connectivity index (χ1n) is 5.26. The van der Waals surface area contributed by atoms with E-state index in [0.29, 0.717) is 6.61 Å². The molecule has 0 spiro atoms. The van der Waals surface area contributed by atoms with Crippen molar-refractivity contribution in [2.45, 2.75) is 20.3 Å². The van der Waals surface area contributed by atoms with Gasteiger partial charge in [0.1, 0.15) is 0 Å². The van der Waals surface area contributed by atoms with Crippen LogP contribution in [0.5, 0.6) is 11.5 Å². The molecule has 15 heavy (non-hydrogen) atoms. The van der Waals surface area contributed by atoms with E-state index in [9.17, 15) is 0 Å². The molecule has 82 valence electrons.